The topological polar surface area (TPSA) is 61.4 Å². The minimum absolute atomic E-state index is 0.202. The second kappa shape index (κ2) is 6.70. The van der Waals surface area contributed by atoms with Gasteiger partial charge in [-0.1, -0.05) is 6.42 Å². The van der Waals surface area contributed by atoms with E-state index in [1.165, 1.54) is 18.4 Å². The van der Waals surface area contributed by atoms with Gasteiger partial charge in [-0.3, -0.25) is 10.00 Å². The number of nitrogens with zero attached hydrogens (tertiary/aromatic N) is 2. The first-order valence-corrected chi connectivity index (χ1v) is 7.50. The Morgan fingerprint density at radius 1 is 1.50 bits per heavy atom. The van der Waals surface area contributed by atoms with Crippen molar-refractivity contribution in [3.8, 4) is 0 Å². The standard InChI is InChI=1S/C15H27N3O2/c1-15(2,3)20-11-13(19)10-18-7-5-4-6-14(18)12-8-16-17-9-12/h8-9,13-14,19H,4-7,10-11H2,1-3H3,(H,16,17)/t13-,14+/m1/s1. The van der Waals surface area contributed by atoms with Crippen molar-refractivity contribution in [1.82, 2.24) is 15.1 Å². The number of likely N-dealkylation sites (tertiary alicyclic amines) is 1. The molecule has 2 atom stereocenters. The highest BCUT2D eigenvalue weighted by Crippen LogP contribution is 2.30. The van der Waals surface area contributed by atoms with Crippen LogP contribution in [0.5, 0.6) is 0 Å². The summed E-state index contributed by atoms with van der Waals surface area (Å²) in [6.45, 7) is 8.10. The third kappa shape index (κ3) is 4.58. The van der Waals surface area contributed by atoms with E-state index >= 15 is 0 Å². The molecule has 5 heteroatoms. The highest BCUT2D eigenvalue weighted by molar-refractivity contribution is 5.10. The molecule has 2 N–H and O–H groups in total. The second-order valence-electron chi connectivity index (χ2n) is 6.62. The molecule has 5 nitrogen and oxygen atoms in total. The van der Waals surface area contributed by atoms with Gasteiger partial charge in [-0.25, -0.2) is 0 Å². The number of ether oxygens (including phenoxy) is 1. The van der Waals surface area contributed by atoms with E-state index in [0.29, 0.717) is 19.2 Å². The molecule has 1 aromatic rings. The first-order chi connectivity index (χ1) is 9.46. The predicted octanol–water partition coefficient (Wildman–Crippen LogP) is 2.11. The molecule has 0 radical (unpaired) electrons. The van der Waals surface area contributed by atoms with Crippen molar-refractivity contribution in [1.29, 1.82) is 0 Å². The lowest BCUT2D eigenvalue weighted by atomic mass is 9.97. The first-order valence-electron chi connectivity index (χ1n) is 7.50. The molecule has 0 aromatic carbocycles. The Morgan fingerprint density at radius 2 is 2.30 bits per heavy atom. The van der Waals surface area contributed by atoms with Gasteiger partial charge in [0.05, 0.1) is 24.5 Å². The monoisotopic (exact) mass is 281 g/mol. The number of β-amino-alcohol motifs (C(OH)–C–C–N with tert-alkyl or cyclic N) is 1. The third-order valence-corrected chi connectivity index (χ3v) is 3.67. The number of nitrogens with one attached hydrogen (secondary N) is 1. The highest BCUT2D eigenvalue weighted by Gasteiger charge is 2.26. The van der Waals surface area contributed by atoms with Crippen molar-refractivity contribution in [3.63, 3.8) is 0 Å². The summed E-state index contributed by atoms with van der Waals surface area (Å²) in [7, 11) is 0. The summed E-state index contributed by atoms with van der Waals surface area (Å²) in [6, 6.07) is 0.367. The molecule has 1 aliphatic rings. The number of piperidine rings is 1. The van der Waals surface area contributed by atoms with Gasteiger partial charge in [-0.05, 0) is 40.2 Å². The molecule has 0 spiro atoms. The van der Waals surface area contributed by atoms with E-state index < -0.39 is 6.10 Å². The van der Waals surface area contributed by atoms with E-state index in [4.69, 9.17) is 4.74 Å². The van der Waals surface area contributed by atoms with Crippen molar-refractivity contribution >= 4 is 0 Å². The predicted molar refractivity (Wildman–Crippen MR) is 78.5 cm³/mol. The highest BCUT2D eigenvalue weighted by atomic mass is 16.5. The Morgan fingerprint density at radius 3 is 2.95 bits per heavy atom. The number of H-pyrrole nitrogens is 1. The summed E-state index contributed by atoms with van der Waals surface area (Å²) >= 11 is 0. The largest absolute Gasteiger partial charge is 0.389 e. The summed E-state index contributed by atoms with van der Waals surface area (Å²) in [6.07, 6.45) is 6.97. The molecule has 0 bridgehead atoms. The van der Waals surface area contributed by atoms with Crippen LogP contribution in [0.15, 0.2) is 12.4 Å². The zero-order valence-corrected chi connectivity index (χ0v) is 12.8. The fourth-order valence-corrected chi connectivity index (χ4v) is 2.70. The molecule has 2 rings (SSSR count). The maximum atomic E-state index is 10.2. The van der Waals surface area contributed by atoms with Crippen LogP contribution >= 0.6 is 0 Å². The Balaban J connectivity index is 1.89. The van der Waals surface area contributed by atoms with Crippen molar-refractivity contribution < 1.29 is 9.84 Å². The first kappa shape index (κ1) is 15.5. The van der Waals surface area contributed by atoms with Gasteiger partial charge in [0, 0.05) is 24.3 Å². The molecule has 114 valence electrons. The third-order valence-electron chi connectivity index (χ3n) is 3.67. The van der Waals surface area contributed by atoms with Gasteiger partial charge in [0.2, 0.25) is 0 Å². The fraction of sp³-hybridized carbons (Fsp3) is 0.800. The number of hydrogen-bond donors (Lipinski definition) is 2. The molecule has 1 aromatic heterocycles. The Hall–Kier alpha value is -0.910. The number of aliphatic hydroxyl groups excluding tert-OH is 1. The van der Waals surface area contributed by atoms with Crippen LogP contribution in [-0.4, -0.2) is 51.6 Å². The maximum absolute atomic E-state index is 10.2. The number of aromatic amines is 1. The molecule has 0 amide bonds. The average Bonchev–Trinajstić information content (AvgIpc) is 2.90. The molecule has 1 fully saturated rings. The van der Waals surface area contributed by atoms with E-state index in [1.807, 2.05) is 33.2 Å². The summed E-state index contributed by atoms with van der Waals surface area (Å²) in [4.78, 5) is 2.35. The Labute approximate surface area is 121 Å². The number of aliphatic hydroxyl groups is 1. The van der Waals surface area contributed by atoms with E-state index in [9.17, 15) is 5.11 Å². The normalized spacial score (nSPS) is 22.9. The smallest absolute Gasteiger partial charge is 0.0900 e. The lowest BCUT2D eigenvalue weighted by Gasteiger charge is -2.36. The minimum atomic E-state index is -0.443. The van der Waals surface area contributed by atoms with Gasteiger partial charge < -0.3 is 9.84 Å². The van der Waals surface area contributed by atoms with Gasteiger partial charge in [-0.15, -0.1) is 0 Å². The molecule has 0 aliphatic carbocycles. The van der Waals surface area contributed by atoms with Crippen molar-refractivity contribution in [2.24, 2.45) is 0 Å². The van der Waals surface area contributed by atoms with Crippen LogP contribution in [-0.2, 0) is 4.74 Å². The van der Waals surface area contributed by atoms with E-state index in [0.717, 1.165) is 13.0 Å². The molecule has 1 saturated heterocycles. The van der Waals surface area contributed by atoms with Crippen molar-refractivity contribution in [2.75, 3.05) is 19.7 Å². The Bertz CT molecular complexity index is 386. The van der Waals surface area contributed by atoms with E-state index in [2.05, 4.69) is 15.1 Å². The van der Waals surface area contributed by atoms with Gasteiger partial charge >= 0.3 is 0 Å². The molecule has 0 unspecified atom stereocenters. The van der Waals surface area contributed by atoms with Gasteiger partial charge in [0.15, 0.2) is 0 Å². The van der Waals surface area contributed by atoms with Crippen LogP contribution in [0.4, 0.5) is 0 Å². The number of hydrogen-bond acceptors (Lipinski definition) is 4. The zero-order valence-electron chi connectivity index (χ0n) is 12.8. The maximum Gasteiger partial charge on any atom is 0.0900 e. The zero-order chi connectivity index (χ0) is 14.6. The van der Waals surface area contributed by atoms with Crippen LogP contribution in [0.3, 0.4) is 0 Å². The molecule has 20 heavy (non-hydrogen) atoms. The quantitative estimate of drug-likeness (QED) is 0.868. The molecular formula is C15H27N3O2. The molecule has 2 heterocycles. The van der Waals surface area contributed by atoms with Crippen LogP contribution in [0.25, 0.3) is 0 Å². The minimum Gasteiger partial charge on any atom is -0.389 e. The lowest BCUT2D eigenvalue weighted by molar-refractivity contribution is -0.0610. The van der Waals surface area contributed by atoms with Gasteiger partial charge in [0.25, 0.3) is 0 Å². The second-order valence-corrected chi connectivity index (χ2v) is 6.62. The lowest BCUT2D eigenvalue weighted by Crippen LogP contribution is -2.41. The summed E-state index contributed by atoms with van der Waals surface area (Å²) in [5.41, 5.74) is 1.01. The van der Waals surface area contributed by atoms with Crippen molar-refractivity contribution in [3.05, 3.63) is 18.0 Å². The number of rotatable bonds is 5. The Kier molecular flexibility index (Phi) is 5.18. The number of aromatic nitrogens is 2. The van der Waals surface area contributed by atoms with Crippen LogP contribution < -0.4 is 0 Å². The molecule has 0 saturated carbocycles. The van der Waals surface area contributed by atoms with Crippen molar-refractivity contribution in [2.45, 2.75) is 57.8 Å². The molecule has 1 aliphatic heterocycles. The van der Waals surface area contributed by atoms with Crippen LogP contribution in [0.1, 0.15) is 51.6 Å². The molecular weight excluding hydrogens is 254 g/mol. The fourth-order valence-electron chi connectivity index (χ4n) is 2.70. The average molecular weight is 281 g/mol. The van der Waals surface area contributed by atoms with Crippen LogP contribution in [0, 0.1) is 0 Å². The van der Waals surface area contributed by atoms with Crippen LogP contribution in [0.2, 0.25) is 0 Å². The van der Waals surface area contributed by atoms with E-state index in [1.54, 1.807) is 0 Å². The van der Waals surface area contributed by atoms with Gasteiger partial charge in [-0.2, -0.15) is 5.10 Å². The summed E-state index contributed by atoms with van der Waals surface area (Å²) < 4.78 is 5.66. The summed E-state index contributed by atoms with van der Waals surface area (Å²) in [5, 5.41) is 17.1. The SMILES string of the molecule is CC(C)(C)OC[C@H](O)CN1CCCC[C@H]1c1cn[nH]c1. The van der Waals surface area contributed by atoms with E-state index in [-0.39, 0.29) is 5.60 Å². The summed E-state index contributed by atoms with van der Waals surface area (Å²) in [5.74, 6) is 0. The van der Waals surface area contributed by atoms with Gasteiger partial charge in [0.1, 0.15) is 0 Å².